The molecule has 0 atom stereocenters. The Kier molecular flexibility index (Phi) is 7.02. The van der Waals surface area contributed by atoms with Gasteiger partial charge in [0, 0.05) is 21.2 Å². The SMILES string of the molecule is Cc1ccc(NC(=O)Cn2c(O)c(N=NC(=O)C(=O)Nc3cccc(Br)c3)c3ccccc32)cc1. The van der Waals surface area contributed by atoms with Gasteiger partial charge in [-0.3, -0.25) is 14.4 Å². The lowest BCUT2D eigenvalue weighted by Gasteiger charge is -2.08. The fourth-order valence-corrected chi connectivity index (χ4v) is 3.80. The molecule has 4 rings (SSSR count). The molecule has 0 aliphatic carbocycles. The van der Waals surface area contributed by atoms with E-state index in [2.05, 4.69) is 36.8 Å². The second-order valence-electron chi connectivity index (χ2n) is 7.66. The van der Waals surface area contributed by atoms with Crippen molar-refractivity contribution in [3.05, 3.63) is 82.8 Å². The molecule has 0 saturated carbocycles. The zero-order valence-electron chi connectivity index (χ0n) is 18.5. The summed E-state index contributed by atoms with van der Waals surface area (Å²) < 4.78 is 2.09. The van der Waals surface area contributed by atoms with E-state index < -0.39 is 11.8 Å². The molecule has 0 saturated heterocycles. The van der Waals surface area contributed by atoms with Crippen LogP contribution >= 0.6 is 15.9 Å². The summed E-state index contributed by atoms with van der Waals surface area (Å²) >= 11 is 3.29. The normalized spacial score (nSPS) is 11.0. The van der Waals surface area contributed by atoms with Gasteiger partial charge in [0.2, 0.25) is 11.8 Å². The molecule has 0 unspecified atom stereocenters. The Morgan fingerprint density at radius 2 is 1.69 bits per heavy atom. The van der Waals surface area contributed by atoms with Gasteiger partial charge in [-0.15, -0.1) is 10.2 Å². The standard InChI is InChI=1S/C25H20BrN5O4/c1-15-9-11-17(12-10-15)27-21(32)14-31-20-8-3-2-7-19(20)22(25(31)35)29-30-24(34)23(33)28-18-6-4-5-16(26)13-18/h2-13,35H,14H2,1H3,(H,27,32)(H,28,33). The Morgan fingerprint density at radius 1 is 0.943 bits per heavy atom. The Morgan fingerprint density at radius 3 is 2.43 bits per heavy atom. The number of para-hydroxylation sites is 1. The number of azo groups is 1. The molecule has 9 nitrogen and oxygen atoms in total. The summed E-state index contributed by atoms with van der Waals surface area (Å²) in [5, 5.41) is 23.8. The molecule has 0 radical (unpaired) electrons. The fourth-order valence-electron chi connectivity index (χ4n) is 3.40. The highest BCUT2D eigenvalue weighted by atomic mass is 79.9. The van der Waals surface area contributed by atoms with Crippen LogP contribution in [0.15, 0.2) is 87.5 Å². The number of hydrogen-bond acceptors (Lipinski definition) is 5. The number of aromatic hydroxyl groups is 1. The summed E-state index contributed by atoms with van der Waals surface area (Å²) in [6.45, 7) is 1.74. The summed E-state index contributed by atoms with van der Waals surface area (Å²) in [5.74, 6) is -2.84. The van der Waals surface area contributed by atoms with Gasteiger partial charge >= 0.3 is 11.8 Å². The minimum absolute atomic E-state index is 0.0210. The Hall–Kier alpha value is -4.31. The van der Waals surface area contributed by atoms with E-state index in [1.807, 2.05) is 19.1 Å². The Labute approximate surface area is 208 Å². The molecule has 0 bridgehead atoms. The second kappa shape index (κ2) is 10.3. The summed E-state index contributed by atoms with van der Waals surface area (Å²) in [4.78, 5) is 37.0. The van der Waals surface area contributed by atoms with Crippen molar-refractivity contribution in [3.8, 4) is 5.88 Å². The molecule has 0 aliphatic heterocycles. The Bertz CT molecular complexity index is 1460. The first-order valence-electron chi connectivity index (χ1n) is 10.5. The molecule has 3 N–H and O–H groups in total. The first-order chi connectivity index (χ1) is 16.8. The van der Waals surface area contributed by atoms with Crippen LogP contribution in [0.25, 0.3) is 10.9 Å². The maximum atomic E-state index is 12.6. The molecule has 0 aliphatic rings. The van der Waals surface area contributed by atoms with Crippen LogP contribution in [-0.4, -0.2) is 27.4 Å². The van der Waals surface area contributed by atoms with Crippen molar-refractivity contribution in [1.29, 1.82) is 0 Å². The van der Waals surface area contributed by atoms with Crippen LogP contribution in [0.4, 0.5) is 17.1 Å². The molecule has 0 fully saturated rings. The number of hydrogen-bond donors (Lipinski definition) is 3. The lowest BCUT2D eigenvalue weighted by molar-refractivity contribution is -0.134. The number of amides is 3. The lowest BCUT2D eigenvalue weighted by atomic mass is 10.2. The third kappa shape index (κ3) is 5.61. The maximum Gasteiger partial charge on any atom is 0.353 e. The van der Waals surface area contributed by atoms with E-state index in [1.54, 1.807) is 60.7 Å². The van der Waals surface area contributed by atoms with Crippen molar-refractivity contribution in [3.63, 3.8) is 0 Å². The number of fused-ring (bicyclic) bond motifs is 1. The molecule has 176 valence electrons. The van der Waals surface area contributed by atoms with E-state index in [4.69, 9.17) is 0 Å². The van der Waals surface area contributed by atoms with Gasteiger partial charge in [-0.25, -0.2) is 0 Å². The molecular formula is C25H20BrN5O4. The maximum absolute atomic E-state index is 12.6. The van der Waals surface area contributed by atoms with Gasteiger partial charge in [-0.05, 0) is 43.3 Å². The van der Waals surface area contributed by atoms with E-state index in [9.17, 15) is 19.5 Å². The number of carbonyl (C=O) groups is 3. The fraction of sp³-hybridized carbons (Fsp3) is 0.0800. The van der Waals surface area contributed by atoms with Crippen molar-refractivity contribution in [1.82, 2.24) is 4.57 Å². The summed E-state index contributed by atoms with van der Waals surface area (Å²) in [6.07, 6.45) is 0. The number of halogens is 1. The third-order valence-electron chi connectivity index (χ3n) is 5.07. The minimum Gasteiger partial charge on any atom is -0.493 e. The predicted octanol–water partition coefficient (Wildman–Crippen LogP) is 5.31. The number of benzene rings is 3. The quantitative estimate of drug-likeness (QED) is 0.237. The number of anilines is 2. The van der Waals surface area contributed by atoms with Gasteiger partial charge in [-0.2, -0.15) is 0 Å². The van der Waals surface area contributed by atoms with Crippen LogP contribution in [0.5, 0.6) is 5.88 Å². The molecule has 3 aromatic carbocycles. The van der Waals surface area contributed by atoms with Gasteiger partial charge in [0.1, 0.15) is 6.54 Å². The topological polar surface area (TPSA) is 125 Å². The number of carbonyl (C=O) groups excluding carboxylic acids is 3. The van der Waals surface area contributed by atoms with E-state index in [-0.39, 0.29) is 24.0 Å². The van der Waals surface area contributed by atoms with Gasteiger partial charge < -0.3 is 20.3 Å². The van der Waals surface area contributed by atoms with Gasteiger partial charge in [-0.1, -0.05) is 57.9 Å². The molecule has 0 spiro atoms. The molecule has 35 heavy (non-hydrogen) atoms. The van der Waals surface area contributed by atoms with Crippen molar-refractivity contribution in [2.24, 2.45) is 10.2 Å². The van der Waals surface area contributed by atoms with Crippen LogP contribution in [0, 0.1) is 6.92 Å². The monoisotopic (exact) mass is 533 g/mol. The zero-order chi connectivity index (χ0) is 24.9. The van der Waals surface area contributed by atoms with Crippen LogP contribution in [0.2, 0.25) is 0 Å². The van der Waals surface area contributed by atoms with Crippen molar-refractivity contribution < 1.29 is 19.5 Å². The van der Waals surface area contributed by atoms with Crippen molar-refractivity contribution in [2.75, 3.05) is 10.6 Å². The molecule has 4 aromatic rings. The van der Waals surface area contributed by atoms with E-state index in [1.165, 1.54) is 4.57 Å². The number of nitrogens with zero attached hydrogens (tertiary/aromatic N) is 3. The molecule has 10 heteroatoms. The Balaban J connectivity index is 1.54. The molecule has 3 amide bonds. The van der Waals surface area contributed by atoms with Gasteiger partial charge in [0.15, 0.2) is 5.69 Å². The first kappa shape index (κ1) is 23.8. The lowest BCUT2D eigenvalue weighted by Crippen LogP contribution is -2.20. The first-order valence-corrected chi connectivity index (χ1v) is 11.3. The van der Waals surface area contributed by atoms with Gasteiger partial charge in [0.05, 0.1) is 5.52 Å². The van der Waals surface area contributed by atoms with Crippen molar-refractivity contribution >= 4 is 61.6 Å². The van der Waals surface area contributed by atoms with Crippen molar-refractivity contribution in [2.45, 2.75) is 13.5 Å². The average molecular weight is 534 g/mol. The third-order valence-corrected chi connectivity index (χ3v) is 5.57. The zero-order valence-corrected chi connectivity index (χ0v) is 20.1. The second-order valence-corrected chi connectivity index (χ2v) is 8.58. The number of aryl methyl sites for hydroxylation is 1. The average Bonchev–Trinajstić information content (AvgIpc) is 3.09. The molecular weight excluding hydrogens is 514 g/mol. The van der Waals surface area contributed by atoms with E-state index in [0.29, 0.717) is 22.3 Å². The summed E-state index contributed by atoms with van der Waals surface area (Å²) in [6, 6.07) is 20.9. The van der Waals surface area contributed by atoms with Crippen LogP contribution in [-0.2, 0) is 20.9 Å². The highest BCUT2D eigenvalue weighted by Gasteiger charge is 2.20. The number of rotatable bonds is 5. The molecule has 1 aromatic heterocycles. The van der Waals surface area contributed by atoms with Crippen LogP contribution < -0.4 is 10.6 Å². The highest BCUT2D eigenvalue weighted by Crippen LogP contribution is 2.38. The van der Waals surface area contributed by atoms with Crippen LogP contribution in [0.1, 0.15) is 5.56 Å². The number of aromatic nitrogens is 1. The highest BCUT2D eigenvalue weighted by molar-refractivity contribution is 9.10. The van der Waals surface area contributed by atoms with E-state index in [0.717, 1.165) is 10.0 Å². The minimum atomic E-state index is -1.14. The smallest absolute Gasteiger partial charge is 0.353 e. The van der Waals surface area contributed by atoms with E-state index >= 15 is 0 Å². The predicted molar refractivity (Wildman–Crippen MR) is 136 cm³/mol. The van der Waals surface area contributed by atoms with Gasteiger partial charge in [0.25, 0.3) is 0 Å². The number of nitrogens with one attached hydrogen (secondary N) is 2. The largest absolute Gasteiger partial charge is 0.493 e. The summed E-state index contributed by atoms with van der Waals surface area (Å²) in [5.41, 5.74) is 2.59. The van der Waals surface area contributed by atoms with Crippen LogP contribution in [0.3, 0.4) is 0 Å². The molecule has 1 heterocycles. The summed E-state index contributed by atoms with van der Waals surface area (Å²) in [7, 11) is 0.